The third kappa shape index (κ3) is 4.36. The van der Waals surface area contributed by atoms with Gasteiger partial charge in [0, 0.05) is 48.2 Å². The van der Waals surface area contributed by atoms with E-state index in [-0.39, 0.29) is 11.8 Å². The van der Waals surface area contributed by atoms with Gasteiger partial charge in [-0.2, -0.15) is 0 Å². The van der Waals surface area contributed by atoms with Crippen molar-refractivity contribution in [1.82, 2.24) is 14.8 Å². The summed E-state index contributed by atoms with van der Waals surface area (Å²) in [6.07, 6.45) is 0. The number of hydrogen-bond acceptors (Lipinski definition) is 6. The van der Waals surface area contributed by atoms with Crippen LogP contribution in [0.4, 0.5) is 0 Å². The minimum Gasteiger partial charge on any atom is -0.497 e. The number of benzene rings is 3. The van der Waals surface area contributed by atoms with E-state index >= 15 is 0 Å². The van der Waals surface area contributed by atoms with E-state index in [1.165, 1.54) is 0 Å². The van der Waals surface area contributed by atoms with Crippen LogP contribution in [0.3, 0.4) is 0 Å². The van der Waals surface area contributed by atoms with Crippen LogP contribution in [0.25, 0.3) is 11.3 Å². The second kappa shape index (κ2) is 9.76. The van der Waals surface area contributed by atoms with E-state index in [0.29, 0.717) is 13.1 Å². The number of methoxy groups -OCH3 is 1. The molecule has 0 unspecified atom stereocenters. The molecule has 0 spiro atoms. The van der Waals surface area contributed by atoms with Crippen molar-refractivity contribution in [2.75, 3.05) is 33.3 Å². The van der Waals surface area contributed by atoms with Gasteiger partial charge in [-0.05, 0) is 36.4 Å². The van der Waals surface area contributed by atoms with Crippen molar-refractivity contribution in [2.45, 2.75) is 12.5 Å². The maximum absolute atomic E-state index is 13.8. The van der Waals surface area contributed by atoms with Crippen molar-refractivity contribution in [3.8, 4) is 28.5 Å². The maximum Gasteiger partial charge on any atom is 0.234 e. The second-order valence-electron chi connectivity index (χ2n) is 9.07. The molecule has 0 atom stereocenters. The highest BCUT2D eigenvalue weighted by molar-refractivity contribution is 7.09. The van der Waals surface area contributed by atoms with Crippen molar-refractivity contribution < 1.29 is 14.3 Å². The first kappa shape index (κ1) is 22.8. The van der Waals surface area contributed by atoms with Crippen molar-refractivity contribution in [2.24, 2.45) is 0 Å². The lowest BCUT2D eigenvalue weighted by atomic mass is 9.86. The number of aromatic nitrogens is 1. The average molecular weight is 498 g/mol. The summed E-state index contributed by atoms with van der Waals surface area (Å²) >= 11 is 1.68. The molecule has 2 aliphatic heterocycles. The molecular formula is C29H27N3O3S. The Morgan fingerprint density at radius 2 is 1.58 bits per heavy atom. The zero-order chi connectivity index (χ0) is 24.5. The van der Waals surface area contributed by atoms with E-state index in [1.807, 2.05) is 77.7 Å². The number of nitrogens with zero attached hydrogens (tertiary/aromatic N) is 3. The van der Waals surface area contributed by atoms with Gasteiger partial charge in [-0.15, -0.1) is 11.3 Å². The van der Waals surface area contributed by atoms with Crippen molar-refractivity contribution in [3.05, 3.63) is 94.3 Å². The molecule has 1 amide bonds. The Morgan fingerprint density at radius 3 is 2.22 bits per heavy atom. The molecule has 0 bridgehead atoms. The Bertz CT molecular complexity index is 1330. The summed E-state index contributed by atoms with van der Waals surface area (Å²) in [5, 5.41) is 3.20. The van der Waals surface area contributed by atoms with Crippen LogP contribution in [-0.4, -0.2) is 54.0 Å². The monoisotopic (exact) mass is 497 g/mol. The van der Waals surface area contributed by atoms with E-state index in [0.717, 1.165) is 64.3 Å². The molecule has 0 radical (unpaired) electrons. The summed E-state index contributed by atoms with van der Waals surface area (Å²) in [6.45, 7) is 3.87. The summed E-state index contributed by atoms with van der Waals surface area (Å²) < 4.78 is 11.3. The summed E-state index contributed by atoms with van der Waals surface area (Å²) in [7, 11) is 1.67. The lowest BCUT2D eigenvalue weighted by molar-refractivity contribution is -0.133. The third-order valence-electron chi connectivity index (χ3n) is 6.91. The summed E-state index contributed by atoms with van der Waals surface area (Å²) in [4.78, 5) is 23.0. The molecule has 182 valence electrons. The van der Waals surface area contributed by atoms with Gasteiger partial charge in [0.2, 0.25) is 5.91 Å². The molecule has 4 aromatic rings. The van der Waals surface area contributed by atoms with Gasteiger partial charge < -0.3 is 14.4 Å². The normalized spacial score (nSPS) is 15.6. The molecule has 1 fully saturated rings. The van der Waals surface area contributed by atoms with Crippen LogP contribution in [0.15, 0.2) is 78.2 Å². The highest BCUT2D eigenvalue weighted by Crippen LogP contribution is 2.44. The lowest BCUT2D eigenvalue weighted by Gasteiger charge is -2.37. The van der Waals surface area contributed by atoms with Gasteiger partial charge in [0.15, 0.2) is 0 Å². The Hall–Kier alpha value is -3.68. The first-order valence-corrected chi connectivity index (χ1v) is 13.0. The Balaban J connectivity index is 1.12. The summed E-state index contributed by atoms with van der Waals surface area (Å²) in [6, 6.07) is 23.7. The standard InChI is InChI=1S/C29H27N3O3S/c1-34-21-12-10-20(11-13-21)24-19-36-27(30-24)18-31-14-16-32(17-15-31)29(33)28-22-6-2-4-8-25(22)35-26-9-5-3-7-23(26)28/h2-13,19,28H,14-18H2,1H3. The Labute approximate surface area is 214 Å². The van der Waals surface area contributed by atoms with Gasteiger partial charge in [-0.1, -0.05) is 36.4 Å². The van der Waals surface area contributed by atoms with Crippen molar-refractivity contribution >= 4 is 17.2 Å². The second-order valence-corrected chi connectivity index (χ2v) is 10.0. The molecule has 3 aromatic carbocycles. The van der Waals surface area contributed by atoms with Crippen LogP contribution >= 0.6 is 11.3 Å². The van der Waals surface area contributed by atoms with E-state index in [4.69, 9.17) is 14.5 Å². The summed E-state index contributed by atoms with van der Waals surface area (Å²) in [5.74, 6) is 2.20. The highest BCUT2D eigenvalue weighted by Gasteiger charge is 2.36. The van der Waals surface area contributed by atoms with E-state index in [2.05, 4.69) is 10.3 Å². The molecular weight excluding hydrogens is 470 g/mol. The quantitative estimate of drug-likeness (QED) is 0.370. The number of carbonyl (C=O) groups excluding carboxylic acids is 1. The number of fused-ring (bicyclic) bond motifs is 2. The van der Waals surface area contributed by atoms with Gasteiger partial charge in [-0.3, -0.25) is 9.69 Å². The van der Waals surface area contributed by atoms with Gasteiger partial charge in [-0.25, -0.2) is 4.98 Å². The maximum atomic E-state index is 13.8. The van der Waals surface area contributed by atoms with Gasteiger partial charge in [0.1, 0.15) is 22.3 Å². The molecule has 6 rings (SSSR count). The number of piperazine rings is 1. The molecule has 2 aliphatic rings. The molecule has 0 aliphatic carbocycles. The zero-order valence-electron chi connectivity index (χ0n) is 20.1. The van der Waals surface area contributed by atoms with E-state index < -0.39 is 0 Å². The predicted octanol–water partition coefficient (Wildman–Crippen LogP) is 5.40. The van der Waals surface area contributed by atoms with Crippen LogP contribution in [0, 0.1) is 0 Å². The number of ether oxygens (including phenoxy) is 2. The van der Waals surface area contributed by atoms with E-state index in [1.54, 1.807) is 18.4 Å². The number of amides is 1. The van der Waals surface area contributed by atoms with Gasteiger partial charge in [0.25, 0.3) is 0 Å². The number of rotatable bonds is 5. The van der Waals surface area contributed by atoms with Crippen LogP contribution in [0.2, 0.25) is 0 Å². The number of thiazole rings is 1. The van der Waals surface area contributed by atoms with Gasteiger partial charge >= 0.3 is 0 Å². The topological polar surface area (TPSA) is 54.9 Å². The predicted molar refractivity (Wildman–Crippen MR) is 141 cm³/mol. The molecule has 1 saturated heterocycles. The number of para-hydroxylation sites is 2. The summed E-state index contributed by atoms with van der Waals surface area (Å²) in [5.41, 5.74) is 3.96. The molecule has 6 nitrogen and oxygen atoms in total. The minimum atomic E-state index is -0.330. The first-order valence-electron chi connectivity index (χ1n) is 12.2. The van der Waals surface area contributed by atoms with Crippen LogP contribution < -0.4 is 9.47 Å². The van der Waals surface area contributed by atoms with Gasteiger partial charge in [0.05, 0.1) is 25.3 Å². The van der Waals surface area contributed by atoms with Crippen molar-refractivity contribution in [1.29, 1.82) is 0 Å². The van der Waals surface area contributed by atoms with Crippen LogP contribution in [-0.2, 0) is 11.3 Å². The Kier molecular flexibility index (Phi) is 6.17. The molecule has 3 heterocycles. The smallest absolute Gasteiger partial charge is 0.234 e. The molecule has 0 saturated carbocycles. The molecule has 1 aromatic heterocycles. The van der Waals surface area contributed by atoms with Crippen LogP contribution in [0.5, 0.6) is 17.2 Å². The Morgan fingerprint density at radius 1 is 0.944 bits per heavy atom. The fraction of sp³-hybridized carbons (Fsp3) is 0.241. The van der Waals surface area contributed by atoms with Crippen molar-refractivity contribution in [3.63, 3.8) is 0 Å². The molecule has 7 heteroatoms. The fourth-order valence-corrected chi connectivity index (χ4v) is 5.80. The lowest BCUT2D eigenvalue weighted by Crippen LogP contribution is -2.49. The first-order chi connectivity index (χ1) is 17.7. The minimum absolute atomic E-state index is 0.147. The largest absolute Gasteiger partial charge is 0.497 e. The SMILES string of the molecule is COc1ccc(-c2csc(CN3CCN(C(=O)C4c5ccccc5Oc5ccccc54)CC3)n2)cc1. The fourth-order valence-electron chi connectivity index (χ4n) is 4.95. The molecule has 0 N–H and O–H groups in total. The third-order valence-corrected chi connectivity index (χ3v) is 7.74. The number of carbonyl (C=O) groups is 1. The van der Waals surface area contributed by atoms with E-state index in [9.17, 15) is 4.79 Å². The highest BCUT2D eigenvalue weighted by atomic mass is 32.1. The molecule has 36 heavy (non-hydrogen) atoms. The average Bonchev–Trinajstić information content (AvgIpc) is 3.40. The zero-order valence-corrected chi connectivity index (χ0v) is 20.9. The van der Waals surface area contributed by atoms with Crippen LogP contribution in [0.1, 0.15) is 22.1 Å². The number of hydrogen-bond donors (Lipinski definition) is 0.